The molecule has 16 heavy (non-hydrogen) atoms. The Morgan fingerprint density at radius 1 is 1.31 bits per heavy atom. The molecule has 0 radical (unpaired) electrons. The average molecular weight is 285 g/mol. The molecule has 0 saturated heterocycles. The lowest BCUT2D eigenvalue weighted by Crippen LogP contribution is -2.33. The molecule has 1 atom stereocenters. The first-order chi connectivity index (χ1) is 7.65. The first-order valence-corrected chi connectivity index (χ1v) is 6.66. The summed E-state index contributed by atoms with van der Waals surface area (Å²) in [6.45, 7) is 6.53. The average Bonchev–Trinajstić information content (AvgIpc) is 2.30. The van der Waals surface area contributed by atoms with Crippen molar-refractivity contribution in [1.29, 1.82) is 0 Å². The molecule has 1 unspecified atom stereocenters. The molecule has 90 valence electrons. The summed E-state index contributed by atoms with van der Waals surface area (Å²) in [5, 5.41) is 0. The van der Waals surface area contributed by atoms with E-state index in [9.17, 15) is 0 Å². The van der Waals surface area contributed by atoms with Gasteiger partial charge in [0.1, 0.15) is 0 Å². The Labute approximate surface area is 107 Å². The SMILES string of the molecule is CCC(CC)C(NN)c1cccc(C)c1Br. The van der Waals surface area contributed by atoms with E-state index in [1.165, 1.54) is 15.6 Å². The molecule has 3 heteroatoms. The van der Waals surface area contributed by atoms with Crippen LogP contribution in [0.3, 0.4) is 0 Å². The number of hydrazine groups is 1. The second-order valence-corrected chi connectivity index (χ2v) is 4.99. The number of aryl methyl sites for hydroxylation is 1. The van der Waals surface area contributed by atoms with Gasteiger partial charge in [-0.25, -0.2) is 0 Å². The van der Waals surface area contributed by atoms with Crippen LogP contribution in [0.25, 0.3) is 0 Å². The van der Waals surface area contributed by atoms with E-state index in [1.54, 1.807) is 0 Å². The Balaban J connectivity index is 3.07. The highest BCUT2D eigenvalue weighted by atomic mass is 79.9. The summed E-state index contributed by atoms with van der Waals surface area (Å²) in [6.07, 6.45) is 2.26. The summed E-state index contributed by atoms with van der Waals surface area (Å²) >= 11 is 3.65. The van der Waals surface area contributed by atoms with Crippen LogP contribution in [0.4, 0.5) is 0 Å². The minimum absolute atomic E-state index is 0.226. The van der Waals surface area contributed by atoms with Crippen LogP contribution in [0.5, 0.6) is 0 Å². The highest BCUT2D eigenvalue weighted by molar-refractivity contribution is 9.10. The van der Waals surface area contributed by atoms with Gasteiger partial charge in [0.2, 0.25) is 0 Å². The molecule has 0 aliphatic rings. The molecule has 0 aromatic heterocycles. The van der Waals surface area contributed by atoms with Crippen LogP contribution >= 0.6 is 15.9 Å². The van der Waals surface area contributed by atoms with E-state index in [1.807, 2.05) is 0 Å². The van der Waals surface area contributed by atoms with Gasteiger partial charge in [-0.05, 0) is 24.0 Å². The lowest BCUT2D eigenvalue weighted by molar-refractivity contribution is 0.344. The maximum absolute atomic E-state index is 5.70. The number of halogens is 1. The van der Waals surface area contributed by atoms with Crippen molar-refractivity contribution in [3.05, 3.63) is 33.8 Å². The van der Waals surface area contributed by atoms with Gasteiger partial charge < -0.3 is 0 Å². The minimum Gasteiger partial charge on any atom is -0.271 e. The summed E-state index contributed by atoms with van der Waals surface area (Å²) in [5.41, 5.74) is 5.47. The Kier molecular flexibility index (Phi) is 5.46. The van der Waals surface area contributed by atoms with Crippen molar-refractivity contribution < 1.29 is 0 Å². The first kappa shape index (κ1) is 13.7. The Bertz CT molecular complexity index is 335. The van der Waals surface area contributed by atoms with Crippen LogP contribution in [0.15, 0.2) is 22.7 Å². The van der Waals surface area contributed by atoms with Crippen molar-refractivity contribution in [2.24, 2.45) is 11.8 Å². The van der Waals surface area contributed by atoms with Gasteiger partial charge in [0, 0.05) is 10.5 Å². The number of nitrogens with two attached hydrogens (primary N) is 1. The zero-order valence-corrected chi connectivity index (χ0v) is 11.8. The molecule has 1 rings (SSSR count). The fraction of sp³-hybridized carbons (Fsp3) is 0.538. The summed E-state index contributed by atoms with van der Waals surface area (Å²) in [4.78, 5) is 0. The molecule has 2 nitrogen and oxygen atoms in total. The van der Waals surface area contributed by atoms with E-state index < -0.39 is 0 Å². The van der Waals surface area contributed by atoms with Gasteiger partial charge in [-0.15, -0.1) is 0 Å². The zero-order chi connectivity index (χ0) is 12.1. The largest absolute Gasteiger partial charge is 0.271 e. The lowest BCUT2D eigenvalue weighted by Gasteiger charge is -2.26. The third kappa shape index (κ3) is 2.84. The van der Waals surface area contributed by atoms with E-state index in [0.29, 0.717) is 5.92 Å². The lowest BCUT2D eigenvalue weighted by atomic mass is 9.89. The molecule has 1 aromatic carbocycles. The maximum atomic E-state index is 5.70. The molecule has 0 aliphatic heterocycles. The van der Waals surface area contributed by atoms with Gasteiger partial charge in [0.15, 0.2) is 0 Å². The fourth-order valence-electron chi connectivity index (χ4n) is 2.15. The Morgan fingerprint density at radius 2 is 1.94 bits per heavy atom. The first-order valence-electron chi connectivity index (χ1n) is 5.86. The van der Waals surface area contributed by atoms with Gasteiger partial charge in [-0.2, -0.15) is 0 Å². The van der Waals surface area contributed by atoms with Crippen LogP contribution in [-0.2, 0) is 0 Å². The predicted octanol–water partition coefficient (Wildman–Crippen LogP) is 3.70. The number of hydrogen-bond acceptors (Lipinski definition) is 2. The molecule has 0 saturated carbocycles. The van der Waals surface area contributed by atoms with Crippen molar-refractivity contribution in [2.45, 2.75) is 39.7 Å². The third-order valence-electron chi connectivity index (χ3n) is 3.26. The standard InChI is InChI=1S/C13H21BrN2/c1-4-10(5-2)13(16-15)11-8-6-7-9(3)12(11)14/h6-8,10,13,16H,4-5,15H2,1-3H3. The van der Waals surface area contributed by atoms with Crippen molar-refractivity contribution in [3.63, 3.8) is 0 Å². The Morgan fingerprint density at radius 3 is 2.44 bits per heavy atom. The fourth-order valence-corrected chi connectivity index (χ4v) is 2.66. The summed E-state index contributed by atoms with van der Waals surface area (Å²) in [5.74, 6) is 6.28. The zero-order valence-electron chi connectivity index (χ0n) is 10.3. The normalized spacial score (nSPS) is 13.1. The monoisotopic (exact) mass is 284 g/mol. The summed E-state index contributed by atoms with van der Waals surface area (Å²) in [6, 6.07) is 6.56. The maximum Gasteiger partial charge on any atom is 0.0499 e. The van der Waals surface area contributed by atoms with Gasteiger partial charge in [0.05, 0.1) is 0 Å². The highest BCUT2D eigenvalue weighted by Crippen LogP contribution is 2.33. The molecule has 0 fully saturated rings. The van der Waals surface area contributed by atoms with E-state index >= 15 is 0 Å². The van der Waals surface area contributed by atoms with Gasteiger partial charge in [0.25, 0.3) is 0 Å². The van der Waals surface area contributed by atoms with Crippen LogP contribution in [0.1, 0.15) is 43.9 Å². The topological polar surface area (TPSA) is 38.0 Å². The van der Waals surface area contributed by atoms with Crippen LogP contribution in [0.2, 0.25) is 0 Å². The Hall–Kier alpha value is -0.380. The van der Waals surface area contributed by atoms with Gasteiger partial charge in [-0.3, -0.25) is 11.3 Å². The van der Waals surface area contributed by atoms with Crippen LogP contribution in [0, 0.1) is 12.8 Å². The number of nitrogens with one attached hydrogen (secondary N) is 1. The molecule has 0 heterocycles. The molecule has 0 amide bonds. The van der Waals surface area contributed by atoms with E-state index in [2.05, 4.69) is 60.3 Å². The smallest absolute Gasteiger partial charge is 0.0499 e. The molecule has 1 aromatic rings. The van der Waals surface area contributed by atoms with Gasteiger partial charge >= 0.3 is 0 Å². The van der Waals surface area contributed by atoms with E-state index in [4.69, 9.17) is 5.84 Å². The number of rotatable bonds is 5. The second-order valence-electron chi connectivity index (χ2n) is 4.20. The van der Waals surface area contributed by atoms with E-state index in [0.717, 1.165) is 12.8 Å². The molecular formula is C13H21BrN2. The molecule has 0 spiro atoms. The van der Waals surface area contributed by atoms with Crippen LogP contribution < -0.4 is 11.3 Å². The van der Waals surface area contributed by atoms with Crippen molar-refractivity contribution in [3.8, 4) is 0 Å². The molecular weight excluding hydrogens is 264 g/mol. The number of hydrogen-bond donors (Lipinski definition) is 2. The van der Waals surface area contributed by atoms with Crippen molar-refractivity contribution in [2.75, 3.05) is 0 Å². The van der Waals surface area contributed by atoms with Crippen molar-refractivity contribution in [1.82, 2.24) is 5.43 Å². The van der Waals surface area contributed by atoms with Crippen molar-refractivity contribution >= 4 is 15.9 Å². The number of benzene rings is 1. The second kappa shape index (κ2) is 6.38. The molecule has 0 bridgehead atoms. The van der Waals surface area contributed by atoms with Gasteiger partial charge in [-0.1, -0.05) is 60.8 Å². The summed E-state index contributed by atoms with van der Waals surface area (Å²) < 4.78 is 1.17. The van der Waals surface area contributed by atoms with E-state index in [-0.39, 0.29) is 6.04 Å². The summed E-state index contributed by atoms with van der Waals surface area (Å²) in [7, 11) is 0. The third-order valence-corrected chi connectivity index (χ3v) is 4.34. The molecule has 3 N–H and O–H groups in total. The quantitative estimate of drug-likeness (QED) is 0.639. The predicted molar refractivity (Wildman–Crippen MR) is 73.0 cm³/mol. The molecule has 0 aliphatic carbocycles. The van der Waals surface area contributed by atoms with Crippen LogP contribution in [-0.4, -0.2) is 0 Å². The highest BCUT2D eigenvalue weighted by Gasteiger charge is 2.21. The minimum atomic E-state index is 0.226.